The Morgan fingerprint density at radius 1 is 1.33 bits per heavy atom. The summed E-state index contributed by atoms with van der Waals surface area (Å²) in [5, 5.41) is 0. The number of aryl methyl sites for hydroxylation is 1. The van der Waals surface area contributed by atoms with E-state index in [1.54, 1.807) is 8.87 Å². The van der Waals surface area contributed by atoms with E-state index in [4.69, 9.17) is 0 Å². The van der Waals surface area contributed by atoms with E-state index in [1.165, 1.54) is 0 Å². The number of rotatable bonds is 1. The molecule has 0 saturated carbocycles. The van der Waals surface area contributed by atoms with E-state index >= 15 is 0 Å². The summed E-state index contributed by atoms with van der Waals surface area (Å²) in [7, 11) is 0. The van der Waals surface area contributed by atoms with Crippen LogP contribution in [-0.4, -0.2) is 14.5 Å². The molecule has 0 amide bonds. The summed E-state index contributed by atoms with van der Waals surface area (Å²) in [5.74, 6) is 0.763. The predicted molar refractivity (Wildman–Crippen MR) is 42.2 cm³/mol. The van der Waals surface area contributed by atoms with Gasteiger partial charge in [-0.05, 0) is 0 Å². The van der Waals surface area contributed by atoms with Gasteiger partial charge >= 0.3 is 62.2 Å². The molecule has 0 saturated heterocycles. The van der Waals surface area contributed by atoms with Crippen LogP contribution in [0.3, 0.4) is 0 Å². The van der Waals surface area contributed by atoms with Crippen molar-refractivity contribution in [2.45, 2.75) is 26.7 Å². The second-order valence-corrected chi connectivity index (χ2v) is 5.37. The predicted octanol–water partition coefficient (Wildman–Crippen LogP) is 2.18. The quantitative estimate of drug-likeness (QED) is 0.591. The first-order valence-corrected chi connectivity index (χ1v) is 4.98. The molecule has 0 aliphatic heterocycles. The standard InChI is InChI=1S/C8H12Se/c1-6(2)8-5-4-7(3)9-8/h4-6H,1-3H3. The summed E-state index contributed by atoms with van der Waals surface area (Å²) in [4.78, 5) is 0. The van der Waals surface area contributed by atoms with Crippen molar-refractivity contribution in [3.05, 3.63) is 21.0 Å². The molecule has 0 aromatic carbocycles. The van der Waals surface area contributed by atoms with Crippen LogP contribution in [0, 0.1) is 6.92 Å². The Labute approximate surface area is 62.6 Å². The third-order valence-corrected chi connectivity index (χ3v) is 4.06. The number of hydrogen-bond acceptors (Lipinski definition) is 0. The Bertz CT molecular complexity index is 186. The molecule has 0 unspecified atom stereocenters. The molecule has 0 N–H and O–H groups in total. The fraction of sp³-hybridized carbons (Fsp3) is 0.500. The Balaban J connectivity index is 2.85. The van der Waals surface area contributed by atoms with Crippen LogP contribution >= 0.6 is 0 Å². The molecule has 1 aromatic heterocycles. The second kappa shape index (κ2) is 2.72. The Morgan fingerprint density at radius 2 is 2.00 bits per heavy atom. The first-order chi connectivity index (χ1) is 4.20. The fourth-order valence-corrected chi connectivity index (χ4v) is 2.61. The van der Waals surface area contributed by atoms with Gasteiger partial charge < -0.3 is 0 Å². The van der Waals surface area contributed by atoms with Crippen molar-refractivity contribution < 1.29 is 0 Å². The van der Waals surface area contributed by atoms with Gasteiger partial charge in [0.2, 0.25) is 0 Å². The molecule has 0 spiro atoms. The van der Waals surface area contributed by atoms with Crippen molar-refractivity contribution in [1.82, 2.24) is 0 Å². The van der Waals surface area contributed by atoms with Crippen molar-refractivity contribution in [2.75, 3.05) is 0 Å². The van der Waals surface area contributed by atoms with Gasteiger partial charge in [0.1, 0.15) is 0 Å². The van der Waals surface area contributed by atoms with Crippen molar-refractivity contribution >= 4 is 14.5 Å². The molecule has 0 radical (unpaired) electrons. The van der Waals surface area contributed by atoms with Crippen molar-refractivity contribution in [1.29, 1.82) is 0 Å². The summed E-state index contributed by atoms with van der Waals surface area (Å²) >= 11 is 0.689. The van der Waals surface area contributed by atoms with Gasteiger partial charge in [0.15, 0.2) is 0 Å². The van der Waals surface area contributed by atoms with E-state index in [0.717, 1.165) is 5.92 Å². The van der Waals surface area contributed by atoms with E-state index < -0.39 is 0 Å². The molecule has 0 atom stereocenters. The summed E-state index contributed by atoms with van der Waals surface area (Å²) < 4.78 is 3.20. The molecule has 0 bridgehead atoms. The maximum absolute atomic E-state index is 2.28. The molecule has 9 heavy (non-hydrogen) atoms. The molecule has 1 heterocycles. The zero-order valence-electron chi connectivity index (χ0n) is 6.14. The summed E-state index contributed by atoms with van der Waals surface area (Å²) in [6.45, 7) is 6.74. The summed E-state index contributed by atoms with van der Waals surface area (Å²) in [5.41, 5.74) is 0. The average Bonchev–Trinajstić information content (AvgIpc) is 2.14. The second-order valence-electron chi connectivity index (χ2n) is 2.60. The van der Waals surface area contributed by atoms with Crippen molar-refractivity contribution in [3.63, 3.8) is 0 Å². The molecule has 0 aliphatic rings. The van der Waals surface area contributed by atoms with E-state index in [2.05, 4.69) is 32.9 Å². The maximum atomic E-state index is 2.28. The molecule has 0 aliphatic carbocycles. The van der Waals surface area contributed by atoms with Crippen LogP contribution in [0.2, 0.25) is 0 Å². The molecular weight excluding hydrogens is 175 g/mol. The van der Waals surface area contributed by atoms with Gasteiger partial charge in [0, 0.05) is 0 Å². The SMILES string of the molecule is Cc1ccc(C(C)C)[se]1. The minimum absolute atomic E-state index is 0.689. The molecular formula is C8H12Se. The van der Waals surface area contributed by atoms with Gasteiger partial charge in [-0.15, -0.1) is 0 Å². The van der Waals surface area contributed by atoms with E-state index in [1.807, 2.05) is 0 Å². The molecule has 50 valence electrons. The molecule has 1 heteroatoms. The van der Waals surface area contributed by atoms with Crippen LogP contribution in [0.5, 0.6) is 0 Å². The third-order valence-electron chi connectivity index (χ3n) is 1.33. The van der Waals surface area contributed by atoms with Gasteiger partial charge in [-0.2, -0.15) is 0 Å². The first-order valence-electron chi connectivity index (χ1n) is 3.26. The van der Waals surface area contributed by atoms with Crippen LogP contribution in [0.4, 0.5) is 0 Å². The molecule has 0 nitrogen and oxygen atoms in total. The Kier molecular flexibility index (Phi) is 2.15. The average molecular weight is 187 g/mol. The molecule has 1 aromatic rings. The van der Waals surface area contributed by atoms with Gasteiger partial charge in [-0.25, -0.2) is 0 Å². The first kappa shape index (κ1) is 7.11. The fourth-order valence-electron chi connectivity index (χ4n) is 0.764. The van der Waals surface area contributed by atoms with Crippen LogP contribution in [-0.2, 0) is 0 Å². The van der Waals surface area contributed by atoms with Crippen LogP contribution in [0.1, 0.15) is 28.6 Å². The van der Waals surface area contributed by atoms with Gasteiger partial charge in [0.05, 0.1) is 0 Å². The van der Waals surface area contributed by atoms with Gasteiger partial charge in [0.25, 0.3) is 0 Å². The molecule has 1 rings (SSSR count). The van der Waals surface area contributed by atoms with Gasteiger partial charge in [-0.3, -0.25) is 0 Å². The normalized spacial score (nSPS) is 10.7. The monoisotopic (exact) mass is 188 g/mol. The molecule has 0 fully saturated rings. The third kappa shape index (κ3) is 1.70. The minimum atomic E-state index is 0.689. The van der Waals surface area contributed by atoms with Crippen LogP contribution < -0.4 is 0 Å². The van der Waals surface area contributed by atoms with Crippen molar-refractivity contribution in [3.8, 4) is 0 Å². The zero-order chi connectivity index (χ0) is 6.85. The summed E-state index contributed by atoms with van der Waals surface area (Å²) in [6.07, 6.45) is 0. The van der Waals surface area contributed by atoms with Gasteiger partial charge in [-0.1, -0.05) is 0 Å². The zero-order valence-corrected chi connectivity index (χ0v) is 7.85. The van der Waals surface area contributed by atoms with E-state index in [9.17, 15) is 0 Å². The van der Waals surface area contributed by atoms with E-state index in [-0.39, 0.29) is 0 Å². The van der Waals surface area contributed by atoms with Crippen molar-refractivity contribution in [2.24, 2.45) is 0 Å². The topological polar surface area (TPSA) is 0 Å². The summed E-state index contributed by atoms with van der Waals surface area (Å²) in [6, 6.07) is 4.52. The Morgan fingerprint density at radius 3 is 2.22 bits per heavy atom. The van der Waals surface area contributed by atoms with Crippen LogP contribution in [0.15, 0.2) is 12.1 Å². The van der Waals surface area contributed by atoms with E-state index in [0.29, 0.717) is 14.5 Å². The van der Waals surface area contributed by atoms with Crippen LogP contribution in [0.25, 0.3) is 0 Å². The number of hydrogen-bond donors (Lipinski definition) is 0. The Hall–Kier alpha value is -0.000519.